The lowest BCUT2D eigenvalue weighted by Crippen LogP contribution is -2.12. The Bertz CT molecular complexity index is 554. The summed E-state index contributed by atoms with van der Waals surface area (Å²) in [6.07, 6.45) is 2.69. The van der Waals surface area contributed by atoms with Gasteiger partial charge in [0.2, 0.25) is 0 Å². The van der Waals surface area contributed by atoms with Gasteiger partial charge in [-0.15, -0.1) is 0 Å². The highest BCUT2D eigenvalue weighted by atomic mass is 15.1. The second-order valence-electron chi connectivity index (χ2n) is 4.62. The van der Waals surface area contributed by atoms with Crippen molar-refractivity contribution >= 4 is 11.6 Å². The molecule has 0 aliphatic rings. The van der Waals surface area contributed by atoms with E-state index in [1.807, 2.05) is 38.2 Å². The zero-order chi connectivity index (χ0) is 14.4. The van der Waals surface area contributed by atoms with Gasteiger partial charge >= 0.3 is 0 Å². The Labute approximate surface area is 119 Å². The standard InChI is InChI=1S/C15H21N5/c1-4-16-14-11(2)15(20-12(3)19-14)18-10-8-13-7-5-6-9-17-13/h5-7,9H,4,8,10H2,1-3H3,(H2,16,18,19,20). The number of nitrogens with zero attached hydrogens (tertiary/aromatic N) is 3. The Morgan fingerprint density at radius 3 is 2.45 bits per heavy atom. The fourth-order valence-electron chi connectivity index (χ4n) is 2.00. The van der Waals surface area contributed by atoms with Crippen molar-refractivity contribution in [1.29, 1.82) is 0 Å². The average molecular weight is 271 g/mol. The van der Waals surface area contributed by atoms with Crippen molar-refractivity contribution in [3.63, 3.8) is 0 Å². The van der Waals surface area contributed by atoms with Crippen LogP contribution in [0.3, 0.4) is 0 Å². The van der Waals surface area contributed by atoms with Crippen LogP contribution >= 0.6 is 0 Å². The molecule has 2 aromatic heterocycles. The lowest BCUT2D eigenvalue weighted by Gasteiger charge is -2.13. The minimum Gasteiger partial charge on any atom is -0.370 e. The van der Waals surface area contributed by atoms with Crippen molar-refractivity contribution in [2.45, 2.75) is 27.2 Å². The van der Waals surface area contributed by atoms with Crippen LogP contribution in [-0.2, 0) is 6.42 Å². The van der Waals surface area contributed by atoms with E-state index in [0.29, 0.717) is 0 Å². The molecule has 0 aromatic carbocycles. The summed E-state index contributed by atoms with van der Waals surface area (Å²) in [5.41, 5.74) is 2.13. The molecule has 0 amide bonds. The third-order valence-corrected chi connectivity index (χ3v) is 3.00. The van der Waals surface area contributed by atoms with Gasteiger partial charge in [0.1, 0.15) is 17.5 Å². The predicted octanol–water partition coefficient (Wildman–Crippen LogP) is 2.57. The first kappa shape index (κ1) is 14.2. The van der Waals surface area contributed by atoms with E-state index in [1.54, 1.807) is 0 Å². The Morgan fingerprint density at radius 1 is 1.05 bits per heavy atom. The van der Waals surface area contributed by atoms with Crippen LogP contribution in [0.2, 0.25) is 0 Å². The molecule has 0 unspecified atom stereocenters. The predicted molar refractivity (Wildman–Crippen MR) is 82.1 cm³/mol. The summed E-state index contributed by atoms with van der Waals surface area (Å²) in [6, 6.07) is 5.97. The van der Waals surface area contributed by atoms with Crippen LogP contribution in [0.4, 0.5) is 11.6 Å². The van der Waals surface area contributed by atoms with Gasteiger partial charge in [0, 0.05) is 37.0 Å². The van der Waals surface area contributed by atoms with E-state index in [2.05, 4.69) is 32.5 Å². The van der Waals surface area contributed by atoms with Crippen molar-refractivity contribution in [2.75, 3.05) is 23.7 Å². The van der Waals surface area contributed by atoms with Crippen LogP contribution in [0.15, 0.2) is 24.4 Å². The molecule has 2 heterocycles. The fraction of sp³-hybridized carbons (Fsp3) is 0.400. The summed E-state index contributed by atoms with van der Waals surface area (Å²) < 4.78 is 0. The first-order valence-corrected chi connectivity index (χ1v) is 6.93. The Balaban J connectivity index is 2.02. The molecule has 5 heteroatoms. The van der Waals surface area contributed by atoms with Crippen molar-refractivity contribution in [1.82, 2.24) is 15.0 Å². The third kappa shape index (κ3) is 3.66. The molecule has 2 aromatic rings. The molecule has 0 atom stereocenters. The van der Waals surface area contributed by atoms with E-state index >= 15 is 0 Å². The van der Waals surface area contributed by atoms with E-state index < -0.39 is 0 Å². The largest absolute Gasteiger partial charge is 0.370 e. The normalized spacial score (nSPS) is 10.3. The molecule has 0 aliphatic carbocycles. The second kappa shape index (κ2) is 6.84. The highest BCUT2D eigenvalue weighted by Gasteiger charge is 2.08. The zero-order valence-electron chi connectivity index (χ0n) is 12.3. The lowest BCUT2D eigenvalue weighted by atomic mass is 10.2. The Hall–Kier alpha value is -2.17. The van der Waals surface area contributed by atoms with Gasteiger partial charge in [-0.05, 0) is 32.9 Å². The molecular formula is C15H21N5. The number of hydrogen-bond donors (Lipinski definition) is 2. The number of hydrogen-bond acceptors (Lipinski definition) is 5. The zero-order valence-corrected chi connectivity index (χ0v) is 12.3. The topological polar surface area (TPSA) is 62.7 Å². The molecule has 106 valence electrons. The van der Waals surface area contributed by atoms with Crippen LogP contribution < -0.4 is 10.6 Å². The van der Waals surface area contributed by atoms with Gasteiger partial charge in [0.15, 0.2) is 0 Å². The molecule has 0 radical (unpaired) electrons. The van der Waals surface area contributed by atoms with E-state index in [-0.39, 0.29) is 0 Å². The number of anilines is 2. The summed E-state index contributed by atoms with van der Waals surface area (Å²) in [7, 11) is 0. The van der Waals surface area contributed by atoms with Crippen LogP contribution in [0, 0.1) is 13.8 Å². The van der Waals surface area contributed by atoms with Crippen LogP contribution in [0.25, 0.3) is 0 Å². The molecule has 0 bridgehead atoms. The van der Waals surface area contributed by atoms with E-state index in [0.717, 1.165) is 48.2 Å². The minimum absolute atomic E-state index is 0.770. The maximum Gasteiger partial charge on any atom is 0.134 e. The quantitative estimate of drug-likeness (QED) is 0.845. The number of nitrogens with one attached hydrogen (secondary N) is 2. The highest BCUT2D eigenvalue weighted by Crippen LogP contribution is 2.19. The number of rotatable bonds is 6. The molecular weight excluding hydrogens is 250 g/mol. The second-order valence-corrected chi connectivity index (χ2v) is 4.62. The molecule has 20 heavy (non-hydrogen) atoms. The van der Waals surface area contributed by atoms with Gasteiger partial charge in [-0.2, -0.15) is 0 Å². The molecule has 5 nitrogen and oxygen atoms in total. The molecule has 0 fully saturated rings. The van der Waals surface area contributed by atoms with Gasteiger partial charge < -0.3 is 10.6 Å². The molecule has 2 N–H and O–H groups in total. The van der Waals surface area contributed by atoms with Crippen molar-refractivity contribution in [3.8, 4) is 0 Å². The van der Waals surface area contributed by atoms with Gasteiger partial charge in [0.25, 0.3) is 0 Å². The SMILES string of the molecule is CCNc1nc(C)nc(NCCc2ccccn2)c1C. The fourth-order valence-corrected chi connectivity index (χ4v) is 2.00. The first-order chi connectivity index (χ1) is 9.70. The minimum atomic E-state index is 0.770. The monoisotopic (exact) mass is 271 g/mol. The van der Waals surface area contributed by atoms with E-state index in [4.69, 9.17) is 0 Å². The number of aromatic nitrogens is 3. The molecule has 0 aliphatic heterocycles. The van der Waals surface area contributed by atoms with Gasteiger partial charge in [-0.1, -0.05) is 6.07 Å². The van der Waals surface area contributed by atoms with Crippen LogP contribution in [-0.4, -0.2) is 28.0 Å². The highest BCUT2D eigenvalue weighted by molar-refractivity contribution is 5.57. The molecule has 0 spiro atoms. The Morgan fingerprint density at radius 2 is 1.80 bits per heavy atom. The molecule has 0 saturated carbocycles. The van der Waals surface area contributed by atoms with Crippen molar-refractivity contribution in [2.24, 2.45) is 0 Å². The summed E-state index contributed by atoms with van der Waals surface area (Å²) >= 11 is 0. The smallest absolute Gasteiger partial charge is 0.134 e. The van der Waals surface area contributed by atoms with Crippen LogP contribution in [0.5, 0.6) is 0 Å². The van der Waals surface area contributed by atoms with Gasteiger partial charge in [-0.3, -0.25) is 4.98 Å². The van der Waals surface area contributed by atoms with Crippen molar-refractivity contribution in [3.05, 3.63) is 41.5 Å². The van der Waals surface area contributed by atoms with Gasteiger partial charge in [-0.25, -0.2) is 9.97 Å². The van der Waals surface area contributed by atoms with Gasteiger partial charge in [0.05, 0.1) is 0 Å². The Kier molecular flexibility index (Phi) is 4.87. The average Bonchev–Trinajstić information content (AvgIpc) is 2.45. The third-order valence-electron chi connectivity index (χ3n) is 3.00. The summed E-state index contributed by atoms with van der Waals surface area (Å²) in [6.45, 7) is 7.65. The summed E-state index contributed by atoms with van der Waals surface area (Å²) in [4.78, 5) is 13.2. The maximum atomic E-state index is 4.46. The van der Waals surface area contributed by atoms with Crippen molar-refractivity contribution < 1.29 is 0 Å². The lowest BCUT2D eigenvalue weighted by molar-refractivity contribution is 0.936. The first-order valence-electron chi connectivity index (χ1n) is 6.93. The molecule has 0 saturated heterocycles. The van der Waals surface area contributed by atoms with E-state index in [9.17, 15) is 0 Å². The summed E-state index contributed by atoms with van der Waals surface area (Å²) in [5, 5.41) is 6.63. The number of aryl methyl sites for hydroxylation is 1. The maximum absolute atomic E-state index is 4.46. The van der Waals surface area contributed by atoms with E-state index in [1.165, 1.54) is 0 Å². The summed E-state index contributed by atoms with van der Waals surface area (Å²) in [5.74, 6) is 2.57. The van der Waals surface area contributed by atoms with Crippen LogP contribution in [0.1, 0.15) is 24.0 Å². The molecule has 2 rings (SSSR count). The number of pyridine rings is 1.